The van der Waals surface area contributed by atoms with E-state index < -0.39 is 5.54 Å². The average Bonchev–Trinajstić information content (AvgIpc) is 2.50. The highest BCUT2D eigenvalue weighted by atomic mass is 16.1. The van der Waals surface area contributed by atoms with Gasteiger partial charge in [-0.05, 0) is 19.8 Å². The first-order valence-electron chi connectivity index (χ1n) is 4.67. The molecule has 1 unspecified atom stereocenters. The minimum atomic E-state index is -0.659. The lowest BCUT2D eigenvalue weighted by molar-refractivity contribution is -0.127. The normalized spacial score (nSPS) is 21.7. The van der Waals surface area contributed by atoms with Gasteiger partial charge in [0.15, 0.2) is 0 Å². The summed E-state index contributed by atoms with van der Waals surface area (Å²) in [7, 11) is 0. The van der Waals surface area contributed by atoms with Gasteiger partial charge in [0, 0.05) is 13.0 Å². The number of nitrogens with one attached hydrogen (secondary N) is 1. The standard InChI is InChI=1S/C9H17N3O/c1-3-9(2,8(11)13)12-6-4-5-7(12)10/h10H,3-6H2,1-2H3,(H2,11,13). The van der Waals surface area contributed by atoms with E-state index in [9.17, 15) is 4.79 Å². The highest BCUT2D eigenvalue weighted by Gasteiger charge is 2.39. The van der Waals surface area contributed by atoms with Gasteiger partial charge in [0.05, 0.1) is 5.84 Å². The van der Waals surface area contributed by atoms with Gasteiger partial charge in [0.25, 0.3) is 0 Å². The first kappa shape index (κ1) is 10.0. The Labute approximate surface area is 78.6 Å². The van der Waals surface area contributed by atoms with E-state index in [4.69, 9.17) is 11.1 Å². The third-order valence-electron chi connectivity index (χ3n) is 2.94. The molecule has 0 aromatic carbocycles. The van der Waals surface area contributed by atoms with Gasteiger partial charge in [-0.1, -0.05) is 6.92 Å². The molecule has 1 amide bonds. The number of amidine groups is 1. The molecule has 0 aliphatic carbocycles. The van der Waals surface area contributed by atoms with E-state index in [1.807, 2.05) is 18.7 Å². The quantitative estimate of drug-likeness (QED) is 0.676. The minimum Gasteiger partial charge on any atom is -0.368 e. The number of nitrogens with zero attached hydrogens (tertiary/aromatic N) is 1. The summed E-state index contributed by atoms with van der Waals surface area (Å²) in [6.07, 6.45) is 2.38. The molecule has 1 rings (SSSR count). The number of carbonyl (C=O) groups is 1. The highest BCUT2D eigenvalue weighted by Crippen LogP contribution is 2.25. The SMILES string of the molecule is CCC(C)(C(N)=O)N1CCCC1=N. The Morgan fingerprint density at radius 2 is 2.38 bits per heavy atom. The van der Waals surface area contributed by atoms with E-state index in [0.29, 0.717) is 12.3 Å². The molecule has 1 fully saturated rings. The molecule has 4 nitrogen and oxygen atoms in total. The van der Waals surface area contributed by atoms with Crippen molar-refractivity contribution in [2.75, 3.05) is 6.54 Å². The van der Waals surface area contributed by atoms with Crippen LogP contribution in [0.15, 0.2) is 0 Å². The number of amides is 1. The van der Waals surface area contributed by atoms with Gasteiger partial charge in [0.1, 0.15) is 5.54 Å². The maximum absolute atomic E-state index is 11.3. The maximum Gasteiger partial charge on any atom is 0.243 e. The van der Waals surface area contributed by atoms with Crippen molar-refractivity contribution in [3.63, 3.8) is 0 Å². The van der Waals surface area contributed by atoms with Crippen LogP contribution in [0.5, 0.6) is 0 Å². The Kier molecular flexibility index (Phi) is 2.59. The summed E-state index contributed by atoms with van der Waals surface area (Å²) in [5, 5.41) is 7.68. The summed E-state index contributed by atoms with van der Waals surface area (Å²) >= 11 is 0. The second kappa shape index (κ2) is 3.36. The number of carbonyl (C=O) groups excluding carboxylic acids is 1. The third kappa shape index (κ3) is 1.53. The number of rotatable bonds is 3. The van der Waals surface area contributed by atoms with Crippen LogP contribution in [-0.2, 0) is 4.79 Å². The number of primary amides is 1. The third-order valence-corrected chi connectivity index (χ3v) is 2.94. The van der Waals surface area contributed by atoms with E-state index in [1.165, 1.54) is 0 Å². The Hall–Kier alpha value is -1.06. The molecule has 1 saturated heterocycles. The monoisotopic (exact) mass is 183 g/mol. The second-order valence-electron chi connectivity index (χ2n) is 3.69. The summed E-state index contributed by atoms with van der Waals surface area (Å²) < 4.78 is 0. The van der Waals surface area contributed by atoms with Crippen molar-refractivity contribution < 1.29 is 4.79 Å². The number of likely N-dealkylation sites (tertiary alicyclic amines) is 1. The van der Waals surface area contributed by atoms with Crippen LogP contribution in [-0.4, -0.2) is 28.7 Å². The van der Waals surface area contributed by atoms with Gasteiger partial charge in [0.2, 0.25) is 5.91 Å². The molecule has 3 N–H and O–H groups in total. The fraction of sp³-hybridized carbons (Fsp3) is 0.778. The molecule has 1 heterocycles. The van der Waals surface area contributed by atoms with Crippen molar-refractivity contribution in [2.45, 2.75) is 38.6 Å². The van der Waals surface area contributed by atoms with Crippen molar-refractivity contribution in [1.82, 2.24) is 4.90 Å². The van der Waals surface area contributed by atoms with Gasteiger partial charge >= 0.3 is 0 Å². The van der Waals surface area contributed by atoms with E-state index in [1.54, 1.807) is 0 Å². The zero-order valence-corrected chi connectivity index (χ0v) is 8.26. The molecule has 4 heteroatoms. The molecule has 0 radical (unpaired) electrons. The van der Waals surface area contributed by atoms with Crippen molar-refractivity contribution in [1.29, 1.82) is 5.41 Å². The molecule has 1 aliphatic heterocycles. The van der Waals surface area contributed by atoms with Crippen molar-refractivity contribution in [3.8, 4) is 0 Å². The molecule has 0 aromatic rings. The number of hydrogen-bond donors (Lipinski definition) is 2. The van der Waals surface area contributed by atoms with Crippen LogP contribution in [0.2, 0.25) is 0 Å². The zero-order valence-electron chi connectivity index (χ0n) is 8.26. The van der Waals surface area contributed by atoms with Crippen LogP contribution in [0.3, 0.4) is 0 Å². The number of hydrogen-bond acceptors (Lipinski definition) is 2. The summed E-state index contributed by atoms with van der Waals surface area (Å²) in [5.41, 5.74) is 4.69. The second-order valence-corrected chi connectivity index (χ2v) is 3.69. The van der Waals surface area contributed by atoms with E-state index in [2.05, 4.69) is 0 Å². The molecule has 0 saturated carbocycles. The molecule has 1 aliphatic rings. The van der Waals surface area contributed by atoms with Crippen LogP contribution in [0.25, 0.3) is 0 Å². The molecule has 0 bridgehead atoms. The Morgan fingerprint density at radius 1 is 1.77 bits per heavy atom. The first-order valence-corrected chi connectivity index (χ1v) is 4.67. The van der Waals surface area contributed by atoms with Gasteiger partial charge in [-0.15, -0.1) is 0 Å². The molecule has 0 aromatic heterocycles. The predicted molar refractivity (Wildman–Crippen MR) is 51.6 cm³/mol. The molecule has 1 atom stereocenters. The van der Waals surface area contributed by atoms with Gasteiger partial charge in [-0.3, -0.25) is 10.2 Å². The van der Waals surface area contributed by atoms with Gasteiger partial charge < -0.3 is 10.6 Å². The molecular formula is C9H17N3O. The van der Waals surface area contributed by atoms with E-state index in [0.717, 1.165) is 19.4 Å². The van der Waals surface area contributed by atoms with E-state index in [-0.39, 0.29) is 5.91 Å². The molecular weight excluding hydrogens is 166 g/mol. The summed E-state index contributed by atoms with van der Waals surface area (Å²) in [4.78, 5) is 13.1. The molecule has 74 valence electrons. The first-order chi connectivity index (χ1) is 6.02. The van der Waals surface area contributed by atoms with Gasteiger partial charge in [-0.2, -0.15) is 0 Å². The van der Waals surface area contributed by atoms with Crippen molar-refractivity contribution >= 4 is 11.7 Å². The minimum absolute atomic E-state index is 0.332. The lowest BCUT2D eigenvalue weighted by Gasteiger charge is -2.36. The van der Waals surface area contributed by atoms with E-state index >= 15 is 0 Å². The Morgan fingerprint density at radius 3 is 2.69 bits per heavy atom. The lowest BCUT2D eigenvalue weighted by atomic mass is 9.96. The topological polar surface area (TPSA) is 70.2 Å². The fourth-order valence-corrected chi connectivity index (χ4v) is 1.72. The highest BCUT2D eigenvalue weighted by molar-refractivity contribution is 5.91. The van der Waals surface area contributed by atoms with Crippen LogP contribution in [0, 0.1) is 5.41 Å². The maximum atomic E-state index is 11.3. The zero-order chi connectivity index (χ0) is 10.1. The van der Waals surface area contributed by atoms with Crippen molar-refractivity contribution in [2.24, 2.45) is 5.73 Å². The van der Waals surface area contributed by atoms with Crippen molar-refractivity contribution in [3.05, 3.63) is 0 Å². The summed E-state index contributed by atoms with van der Waals surface area (Å²) in [6, 6.07) is 0. The summed E-state index contributed by atoms with van der Waals surface area (Å²) in [6.45, 7) is 4.53. The largest absolute Gasteiger partial charge is 0.368 e. The van der Waals surface area contributed by atoms with Crippen LogP contribution >= 0.6 is 0 Å². The Balaban J connectivity index is 2.87. The smallest absolute Gasteiger partial charge is 0.243 e. The molecule has 0 spiro atoms. The Bertz CT molecular complexity index is 237. The molecule has 13 heavy (non-hydrogen) atoms. The summed E-state index contributed by atoms with van der Waals surface area (Å²) in [5.74, 6) is 0.213. The average molecular weight is 183 g/mol. The lowest BCUT2D eigenvalue weighted by Crippen LogP contribution is -2.55. The van der Waals surface area contributed by atoms with Crippen LogP contribution in [0.4, 0.5) is 0 Å². The van der Waals surface area contributed by atoms with Gasteiger partial charge in [-0.25, -0.2) is 0 Å². The number of nitrogens with two attached hydrogens (primary N) is 1. The van der Waals surface area contributed by atoms with Crippen LogP contribution in [0.1, 0.15) is 33.1 Å². The van der Waals surface area contributed by atoms with Crippen LogP contribution < -0.4 is 5.73 Å². The predicted octanol–water partition coefficient (Wildman–Crippen LogP) is 0.713. The fourth-order valence-electron chi connectivity index (χ4n) is 1.72.